The maximum absolute atomic E-state index is 3.24. The average Bonchev–Trinajstić information content (AvgIpc) is 2.36. The van der Waals surface area contributed by atoms with Gasteiger partial charge >= 0.3 is 126 Å². The van der Waals surface area contributed by atoms with Crippen molar-refractivity contribution in [2.75, 3.05) is 12.4 Å². The third-order valence-electron chi connectivity index (χ3n) is 3.36. The zero-order chi connectivity index (χ0) is 14.0. The monoisotopic (exact) mass is 369 g/mol. The number of anilines is 1. The first-order chi connectivity index (χ1) is 9.02. The molecule has 0 aliphatic heterocycles. The first-order valence-corrected chi connectivity index (χ1v) is 8.89. The molecule has 1 nitrogen and oxygen atoms in total. The summed E-state index contributed by atoms with van der Waals surface area (Å²) in [6, 6.07) is 11.2. The van der Waals surface area contributed by atoms with Crippen molar-refractivity contribution >= 4 is 33.8 Å². The van der Waals surface area contributed by atoms with Crippen LogP contribution in [0, 0.1) is 27.7 Å². The third-order valence-corrected chi connectivity index (χ3v) is 8.20. The standard InChI is InChI=1S/C17H21NTe/c1-11-7-6-8-12(2)16(11)19-17-13(3)9-15(18-5)10-14(17)4/h6-10,18H,1-5H3. The topological polar surface area (TPSA) is 12.0 Å². The second-order valence-electron chi connectivity index (χ2n) is 5.01. The molecular weight excluding hydrogens is 346 g/mol. The molecule has 1 N–H and O–H groups in total. The molecule has 0 unspecified atom stereocenters. The SMILES string of the molecule is CNc1cc(C)c([Te]c2c(C)cccc2C)c(C)c1. The van der Waals surface area contributed by atoms with E-state index < -0.39 is 0 Å². The number of rotatable bonds is 3. The van der Waals surface area contributed by atoms with E-state index in [2.05, 4.69) is 63.3 Å². The van der Waals surface area contributed by atoms with E-state index in [4.69, 9.17) is 0 Å². The fourth-order valence-electron chi connectivity index (χ4n) is 2.32. The molecule has 0 saturated carbocycles. The molecule has 0 aromatic heterocycles. The Hall–Kier alpha value is -0.970. The van der Waals surface area contributed by atoms with Crippen molar-refractivity contribution in [3.63, 3.8) is 0 Å². The summed E-state index contributed by atoms with van der Waals surface area (Å²) in [6.07, 6.45) is 0. The van der Waals surface area contributed by atoms with Crippen LogP contribution in [0.1, 0.15) is 22.3 Å². The molecule has 0 heterocycles. The van der Waals surface area contributed by atoms with E-state index >= 15 is 0 Å². The van der Waals surface area contributed by atoms with Crippen molar-refractivity contribution in [2.24, 2.45) is 0 Å². The Labute approximate surface area is 126 Å². The number of benzene rings is 2. The van der Waals surface area contributed by atoms with Crippen molar-refractivity contribution in [3.05, 3.63) is 52.6 Å². The second kappa shape index (κ2) is 5.99. The summed E-state index contributed by atoms with van der Waals surface area (Å²) >= 11 is -0.310. The van der Waals surface area contributed by atoms with E-state index in [9.17, 15) is 0 Å². The molecule has 2 aromatic carbocycles. The third kappa shape index (κ3) is 3.13. The summed E-state index contributed by atoms with van der Waals surface area (Å²) in [4.78, 5) is 0. The predicted octanol–water partition coefficient (Wildman–Crippen LogP) is 2.62. The molecule has 0 fully saturated rings. The van der Waals surface area contributed by atoms with Gasteiger partial charge in [0.1, 0.15) is 0 Å². The van der Waals surface area contributed by atoms with Crippen LogP contribution in [-0.4, -0.2) is 28.0 Å². The summed E-state index contributed by atoms with van der Waals surface area (Å²) in [5, 5.41) is 3.24. The first kappa shape index (κ1) is 14.4. The second-order valence-corrected chi connectivity index (χ2v) is 7.93. The van der Waals surface area contributed by atoms with Crippen LogP contribution in [0.15, 0.2) is 30.3 Å². The molecule has 0 atom stereocenters. The summed E-state index contributed by atoms with van der Waals surface area (Å²) in [7, 11) is 1.98. The van der Waals surface area contributed by atoms with Crippen LogP contribution in [0.3, 0.4) is 0 Å². The van der Waals surface area contributed by atoms with Crippen LogP contribution < -0.4 is 12.5 Å². The van der Waals surface area contributed by atoms with Gasteiger partial charge in [-0.25, -0.2) is 0 Å². The number of aryl methyl sites for hydroxylation is 4. The number of hydrogen-bond donors (Lipinski definition) is 1. The summed E-state index contributed by atoms with van der Waals surface area (Å²) in [5.41, 5.74) is 6.95. The molecule has 0 saturated heterocycles. The van der Waals surface area contributed by atoms with Gasteiger partial charge in [0.15, 0.2) is 0 Å². The predicted molar refractivity (Wildman–Crippen MR) is 86.4 cm³/mol. The quantitative estimate of drug-likeness (QED) is 0.823. The summed E-state index contributed by atoms with van der Waals surface area (Å²) < 4.78 is 3.18. The van der Waals surface area contributed by atoms with Gasteiger partial charge in [-0.2, -0.15) is 0 Å². The fraction of sp³-hybridized carbons (Fsp3) is 0.294. The van der Waals surface area contributed by atoms with Crippen LogP contribution in [0.2, 0.25) is 0 Å². The number of nitrogens with one attached hydrogen (secondary N) is 1. The maximum atomic E-state index is 3.24. The van der Waals surface area contributed by atoms with E-state index in [0.29, 0.717) is 0 Å². The van der Waals surface area contributed by atoms with E-state index in [-0.39, 0.29) is 20.9 Å². The van der Waals surface area contributed by atoms with Crippen LogP contribution in [0.4, 0.5) is 5.69 Å². The Balaban J connectivity index is 2.44. The molecule has 0 spiro atoms. The van der Waals surface area contributed by atoms with Crippen molar-refractivity contribution in [2.45, 2.75) is 27.7 Å². The molecule has 0 radical (unpaired) electrons. The van der Waals surface area contributed by atoms with Gasteiger partial charge in [0, 0.05) is 0 Å². The van der Waals surface area contributed by atoms with Gasteiger partial charge in [-0.3, -0.25) is 0 Å². The van der Waals surface area contributed by atoms with E-state index in [1.165, 1.54) is 27.9 Å². The van der Waals surface area contributed by atoms with Crippen molar-refractivity contribution in [1.29, 1.82) is 0 Å². The molecule has 2 heteroatoms. The molecule has 0 aliphatic rings. The zero-order valence-corrected chi connectivity index (χ0v) is 14.6. The Morgan fingerprint density at radius 2 is 1.26 bits per heavy atom. The van der Waals surface area contributed by atoms with Gasteiger partial charge in [0.25, 0.3) is 0 Å². The van der Waals surface area contributed by atoms with Crippen molar-refractivity contribution < 1.29 is 0 Å². The van der Waals surface area contributed by atoms with Crippen LogP contribution >= 0.6 is 0 Å². The van der Waals surface area contributed by atoms with Crippen molar-refractivity contribution in [3.8, 4) is 0 Å². The minimum absolute atomic E-state index is 0.310. The Kier molecular flexibility index (Phi) is 4.55. The summed E-state index contributed by atoms with van der Waals surface area (Å²) in [6.45, 7) is 8.95. The van der Waals surface area contributed by atoms with E-state index in [0.717, 1.165) is 0 Å². The average molecular weight is 367 g/mol. The molecule has 0 amide bonds. The van der Waals surface area contributed by atoms with Crippen LogP contribution in [-0.2, 0) is 0 Å². The molecule has 100 valence electrons. The van der Waals surface area contributed by atoms with Gasteiger partial charge in [0.2, 0.25) is 0 Å². The van der Waals surface area contributed by atoms with E-state index in [1.54, 1.807) is 7.22 Å². The van der Waals surface area contributed by atoms with Crippen LogP contribution in [0.25, 0.3) is 0 Å². The van der Waals surface area contributed by atoms with Gasteiger partial charge < -0.3 is 0 Å². The van der Waals surface area contributed by atoms with Gasteiger partial charge in [-0.1, -0.05) is 0 Å². The number of hydrogen-bond acceptors (Lipinski definition) is 1. The molecular formula is C17H21NTe. The van der Waals surface area contributed by atoms with Crippen molar-refractivity contribution in [1.82, 2.24) is 0 Å². The van der Waals surface area contributed by atoms with Gasteiger partial charge in [-0.15, -0.1) is 0 Å². The molecule has 0 aliphatic carbocycles. The molecule has 19 heavy (non-hydrogen) atoms. The van der Waals surface area contributed by atoms with E-state index in [1.807, 2.05) is 7.05 Å². The zero-order valence-electron chi connectivity index (χ0n) is 12.3. The fourth-order valence-corrected chi connectivity index (χ4v) is 5.46. The van der Waals surface area contributed by atoms with Crippen LogP contribution in [0.5, 0.6) is 0 Å². The summed E-state index contributed by atoms with van der Waals surface area (Å²) in [5.74, 6) is 0. The normalized spacial score (nSPS) is 10.6. The van der Waals surface area contributed by atoms with Gasteiger partial charge in [0.05, 0.1) is 0 Å². The Morgan fingerprint density at radius 3 is 1.74 bits per heavy atom. The molecule has 0 bridgehead atoms. The molecule has 2 aromatic rings. The first-order valence-electron chi connectivity index (χ1n) is 6.56. The minimum atomic E-state index is -0.310. The van der Waals surface area contributed by atoms with Gasteiger partial charge in [-0.05, 0) is 0 Å². The molecule has 2 rings (SSSR count). The Bertz CT molecular complexity index is 559. The Morgan fingerprint density at radius 1 is 0.789 bits per heavy atom.